The van der Waals surface area contributed by atoms with E-state index in [0.717, 1.165) is 13.0 Å². The zero-order chi connectivity index (χ0) is 9.61. The van der Waals surface area contributed by atoms with E-state index in [1.165, 1.54) is 0 Å². The van der Waals surface area contributed by atoms with E-state index >= 15 is 0 Å². The molecule has 0 bridgehead atoms. The van der Waals surface area contributed by atoms with Crippen molar-refractivity contribution in [3.8, 4) is 0 Å². The van der Waals surface area contributed by atoms with Crippen molar-refractivity contribution in [1.82, 2.24) is 4.90 Å². The second kappa shape index (κ2) is 5.14. The van der Waals surface area contributed by atoms with E-state index in [0.29, 0.717) is 13.1 Å². The summed E-state index contributed by atoms with van der Waals surface area (Å²) in [7, 11) is 0. The summed E-state index contributed by atoms with van der Waals surface area (Å²) in [6.45, 7) is 8.55. The van der Waals surface area contributed by atoms with Gasteiger partial charge >= 0.3 is 0 Å². The van der Waals surface area contributed by atoms with Gasteiger partial charge in [-0.1, -0.05) is 6.58 Å². The molecule has 0 saturated carbocycles. The van der Waals surface area contributed by atoms with Crippen LogP contribution >= 0.6 is 0 Å². The van der Waals surface area contributed by atoms with E-state index in [1.807, 2.05) is 4.90 Å². The van der Waals surface area contributed by atoms with Crippen molar-refractivity contribution in [1.29, 1.82) is 0 Å². The summed E-state index contributed by atoms with van der Waals surface area (Å²) in [5, 5.41) is 0. The van der Waals surface area contributed by atoms with E-state index in [4.69, 9.17) is 5.73 Å². The molecular formula is C9H19FN2. The number of halogens is 1. The van der Waals surface area contributed by atoms with Crippen LogP contribution in [0.25, 0.3) is 0 Å². The average Bonchev–Trinajstić information content (AvgIpc) is 1.95. The molecule has 0 amide bonds. The first-order valence-corrected chi connectivity index (χ1v) is 4.25. The van der Waals surface area contributed by atoms with Crippen LogP contribution in [0.15, 0.2) is 12.8 Å². The van der Waals surface area contributed by atoms with Crippen LogP contribution in [0.5, 0.6) is 0 Å². The Morgan fingerprint density at radius 2 is 2.17 bits per heavy atom. The molecule has 0 fully saturated rings. The Bertz CT molecular complexity index is 129. The van der Waals surface area contributed by atoms with Crippen molar-refractivity contribution >= 4 is 0 Å². The van der Waals surface area contributed by atoms with Gasteiger partial charge in [0, 0.05) is 6.54 Å². The third-order valence-electron chi connectivity index (χ3n) is 1.49. The van der Waals surface area contributed by atoms with Gasteiger partial charge in [-0.15, -0.1) is 0 Å². The minimum absolute atomic E-state index is 0.385. The van der Waals surface area contributed by atoms with E-state index < -0.39 is 5.67 Å². The third-order valence-corrected chi connectivity index (χ3v) is 1.49. The van der Waals surface area contributed by atoms with Crippen molar-refractivity contribution < 1.29 is 4.39 Å². The zero-order valence-electron chi connectivity index (χ0n) is 8.02. The highest BCUT2D eigenvalue weighted by Crippen LogP contribution is 2.10. The monoisotopic (exact) mass is 174 g/mol. The number of hydrogen-bond acceptors (Lipinski definition) is 2. The Labute approximate surface area is 74.2 Å². The largest absolute Gasteiger partial charge is 0.375 e. The van der Waals surface area contributed by atoms with Gasteiger partial charge < -0.3 is 10.6 Å². The third kappa shape index (κ3) is 6.16. The molecule has 0 heterocycles. The average molecular weight is 174 g/mol. The molecule has 72 valence electrons. The van der Waals surface area contributed by atoms with Gasteiger partial charge in [-0.05, 0) is 33.0 Å². The van der Waals surface area contributed by atoms with Gasteiger partial charge in [-0.25, -0.2) is 4.39 Å². The molecule has 0 rings (SSSR count). The molecule has 0 aliphatic heterocycles. The second-order valence-electron chi connectivity index (χ2n) is 3.51. The number of nitrogens with zero attached hydrogens (tertiary/aromatic N) is 1. The Hall–Kier alpha value is -0.570. The van der Waals surface area contributed by atoms with Crippen LogP contribution in [0.2, 0.25) is 0 Å². The minimum atomic E-state index is -1.16. The lowest BCUT2D eigenvalue weighted by Crippen LogP contribution is -2.33. The van der Waals surface area contributed by atoms with Crippen molar-refractivity contribution in [2.45, 2.75) is 25.9 Å². The first kappa shape index (κ1) is 11.4. The van der Waals surface area contributed by atoms with Gasteiger partial charge in [-0.3, -0.25) is 0 Å². The molecule has 0 saturated heterocycles. The van der Waals surface area contributed by atoms with Gasteiger partial charge in [0.1, 0.15) is 5.67 Å². The van der Waals surface area contributed by atoms with Crippen LogP contribution in [-0.4, -0.2) is 30.2 Å². The molecule has 2 nitrogen and oxygen atoms in total. The van der Waals surface area contributed by atoms with Gasteiger partial charge in [0.25, 0.3) is 0 Å². The SMILES string of the molecule is C=CN(CCCN)CC(C)(C)F. The maximum Gasteiger partial charge on any atom is 0.122 e. The van der Waals surface area contributed by atoms with E-state index in [2.05, 4.69) is 6.58 Å². The lowest BCUT2D eigenvalue weighted by atomic mass is 10.1. The summed E-state index contributed by atoms with van der Waals surface area (Å²) in [6, 6.07) is 0. The van der Waals surface area contributed by atoms with E-state index in [9.17, 15) is 4.39 Å². The molecule has 0 aliphatic carbocycles. The molecule has 3 heteroatoms. The fourth-order valence-corrected chi connectivity index (χ4v) is 1.01. The normalized spacial score (nSPS) is 11.3. The lowest BCUT2D eigenvalue weighted by Gasteiger charge is -2.25. The molecule has 0 unspecified atom stereocenters. The summed E-state index contributed by atoms with van der Waals surface area (Å²) in [5.41, 5.74) is 4.18. The highest BCUT2D eigenvalue weighted by atomic mass is 19.1. The Balaban J connectivity index is 3.75. The van der Waals surface area contributed by atoms with Gasteiger partial charge in [-0.2, -0.15) is 0 Å². The predicted molar refractivity (Wildman–Crippen MR) is 50.6 cm³/mol. The fourth-order valence-electron chi connectivity index (χ4n) is 1.01. The smallest absolute Gasteiger partial charge is 0.122 e. The summed E-state index contributed by atoms with van der Waals surface area (Å²) < 4.78 is 13.1. The highest BCUT2D eigenvalue weighted by molar-refractivity contribution is 4.79. The van der Waals surface area contributed by atoms with Gasteiger partial charge in [0.05, 0.1) is 6.54 Å². The molecule has 0 spiro atoms. The van der Waals surface area contributed by atoms with Crippen LogP contribution in [0.3, 0.4) is 0 Å². The standard InChI is InChI=1S/C9H19FN2/c1-4-12(7-5-6-11)8-9(2,3)10/h4H,1,5-8,11H2,2-3H3. The topological polar surface area (TPSA) is 29.3 Å². The van der Waals surface area contributed by atoms with Gasteiger partial charge in [0.2, 0.25) is 0 Å². The molecule has 2 N–H and O–H groups in total. The maximum absolute atomic E-state index is 13.1. The molecule has 0 aromatic heterocycles. The second-order valence-corrected chi connectivity index (χ2v) is 3.51. The minimum Gasteiger partial charge on any atom is -0.375 e. The summed E-state index contributed by atoms with van der Waals surface area (Å²) in [4.78, 5) is 1.85. The highest BCUT2D eigenvalue weighted by Gasteiger charge is 2.17. The molecule has 0 aromatic rings. The summed E-state index contributed by atoms with van der Waals surface area (Å²) in [6.07, 6.45) is 2.54. The Kier molecular flexibility index (Phi) is 4.90. The molecule has 12 heavy (non-hydrogen) atoms. The first-order chi connectivity index (χ1) is 5.49. The number of alkyl halides is 1. The number of rotatable bonds is 6. The zero-order valence-corrected chi connectivity index (χ0v) is 8.02. The Morgan fingerprint density at radius 3 is 2.50 bits per heavy atom. The van der Waals surface area contributed by atoms with Crippen molar-refractivity contribution in [3.63, 3.8) is 0 Å². The predicted octanol–water partition coefficient (Wildman–Crippen LogP) is 1.53. The molecule has 0 atom stereocenters. The van der Waals surface area contributed by atoms with Gasteiger partial charge in [0.15, 0.2) is 0 Å². The molecule has 0 radical (unpaired) electrons. The summed E-state index contributed by atoms with van der Waals surface area (Å²) >= 11 is 0. The van der Waals surface area contributed by atoms with Crippen LogP contribution in [0.4, 0.5) is 4.39 Å². The molecule has 0 aromatic carbocycles. The molecular weight excluding hydrogens is 155 g/mol. The van der Waals surface area contributed by atoms with Crippen molar-refractivity contribution in [3.05, 3.63) is 12.8 Å². The quantitative estimate of drug-likeness (QED) is 0.661. The Morgan fingerprint density at radius 1 is 1.58 bits per heavy atom. The van der Waals surface area contributed by atoms with E-state index in [1.54, 1.807) is 20.0 Å². The van der Waals surface area contributed by atoms with Crippen molar-refractivity contribution in [2.24, 2.45) is 5.73 Å². The van der Waals surface area contributed by atoms with Crippen molar-refractivity contribution in [2.75, 3.05) is 19.6 Å². The number of hydrogen-bond donors (Lipinski definition) is 1. The van der Waals surface area contributed by atoms with Crippen LogP contribution in [-0.2, 0) is 0 Å². The fraction of sp³-hybridized carbons (Fsp3) is 0.778. The summed E-state index contributed by atoms with van der Waals surface area (Å²) in [5.74, 6) is 0. The number of nitrogens with two attached hydrogens (primary N) is 1. The van der Waals surface area contributed by atoms with Crippen LogP contribution in [0, 0.1) is 0 Å². The maximum atomic E-state index is 13.1. The van der Waals surface area contributed by atoms with Crippen LogP contribution in [0.1, 0.15) is 20.3 Å². The first-order valence-electron chi connectivity index (χ1n) is 4.25. The van der Waals surface area contributed by atoms with Crippen LogP contribution < -0.4 is 5.73 Å². The lowest BCUT2D eigenvalue weighted by molar-refractivity contribution is 0.155. The molecule has 0 aliphatic rings. The van der Waals surface area contributed by atoms with E-state index in [-0.39, 0.29) is 0 Å².